The highest BCUT2D eigenvalue weighted by molar-refractivity contribution is 5.78. The third kappa shape index (κ3) is 4.75. The molecule has 0 bridgehead atoms. The van der Waals surface area contributed by atoms with E-state index in [4.69, 9.17) is 0 Å². The molecule has 2 fully saturated rings. The largest absolute Gasteiger partial charge is 0.355 e. The molecule has 1 aromatic carbocycles. The Hall–Kier alpha value is -1.88. The minimum absolute atomic E-state index is 0.124. The molecule has 152 valence electrons. The fraction of sp³-hybridized carbons (Fsp3) is 0.652. The number of hydrogen-bond acceptors (Lipinski definition) is 3. The maximum absolute atomic E-state index is 12.6. The van der Waals surface area contributed by atoms with Crippen molar-refractivity contribution in [3.8, 4) is 0 Å². The number of aryl methyl sites for hydroxylation is 1. The van der Waals surface area contributed by atoms with Gasteiger partial charge in [0, 0.05) is 38.1 Å². The molecule has 1 atom stereocenters. The van der Waals surface area contributed by atoms with E-state index >= 15 is 0 Å². The van der Waals surface area contributed by atoms with Gasteiger partial charge in [0.2, 0.25) is 11.8 Å². The fourth-order valence-corrected chi connectivity index (χ4v) is 4.77. The third-order valence-electron chi connectivity index (χ3n) is 6.44. The molecular formula is C23H33N3O2. The monoisotopic (exact) mass is 383 g/mol. The van der Waals surface area contributed by atoms with Crippen LogP contribution in [0.4, 0.5) is 0 Å². The Morgan fingerprint density at radius 3 is 2.82 bits per heavy atom. The van der Waals surface area contributed by atoms with E-state index in [-0.39, 0.29) is 11.8 Å². The van der Waals surface area contributed by atoms with Gasteiger partial charge in [-0.3, -0.25) is 14.5 Å². The quantitative estimate of drug-likeness (QED) is 0.702. The van der Waals surface area contributed by atoms with Gasteiger partial charge in [0.25, 0.3) is 0 Å². The first-order valence-electron chi connectivity index (χ1n) is 11.1. The first-order chi connectivity index (χ1) is 13.7. The van der Waals surface area contributed by atoms with Gasteiger partial charge < -0.3 is 10.2 Å². The van der Waals surface area contributed by atoms with Crippen LogP contribution >= 0.6 is 0 Å². The average Bonchev–Trinajstić information content (AvgIpc) is 3.49. The van der Waals surface area contributed by atoms with E-state index in [0.29, 0.717) is 31.6 Å². The normalized spacial score (nSPS) is 22.2. The fourth-order valence-electron chi connectivity index (χ4n) is 4.77. The van der Waals surface area contributed by atoms with Gasteiger partial charge in [-0.15, -0.1) is 0 Å². The smallest absolute Gasteiger partial charge is 0.234 e. The number of likely N-dealkylation sites (tertiary alicyclic amines) is 1. The summed E-state index contributed by atoms with van der Waals surface area (Å²) in [6.07, 6.45) is 9.48. The molecule has 1 heterocycles. The van der Waals surface area contributed by atoms with E-state index in [1.54, 1.807) is 0 Å². The van der Waals surface area contributed by atoms with Crippen LogP contribution in [0.1, 0.15) is 68.5 Å². The molecule has 28 heavy (non-hydrogen) atoms. The van der Waals surface area contributed by atoms with Crippen molar-refractivity contribution in [2.75, 3.05) is 26.2 Å². The predicted molar refractivity (Wildman–Crippen MR) is 110 cm³/mol. The lowest BCUT2D eigenvalue weighted by molar-refractivity contribution is -0.130. The van der Waals surface area contributed by atoms with E-state index in [2.05, 4.69) is 34.5 Å². The van der Waals surface area contributed by atoms with Crippen LogP contribution in [0, 0.1) is 0 Å². The molecule has 5 heteroatoms. The number of rotatable bonds is 8. The zero-order valence-electron chi connectivity index (χ0n) is 16.9. The molecule has 3 aliphatic rings. The molecule has 0 aromatic heterocycles. The van der Waals surface area contributed by atoms with Crippen molar-refractivity contribution in [2.24, 2.45) is 0 Å². The molecule has 1 saturated heterocycles. The maximum atomic E-state index is 12.6. The molecule has 4 rings (SSSR count). The van der Waals surface area contributed by atoms with Crippen LogP contribution in [0.25, 0.3) is 0 Å². The highest BCUT2D eigenvalue weighted by atomic mass is 16.2. The number of amides is 2. The molecule has 2 amide bonds. The van der Waals surface area contributed by atoms with Gasteiger partial charge in [0.05, 0.1) is 6.54 Å². The van der Waals surface area contributed by atoms with Gasteiger partial charge in [0.15, 0.2) is 0 Å². The van der Waals surface area contributed by atoms with E-state index < -0.39 is 0 Å². The number of benzene rings is 1. The molecule has 0 radical (unpaired) electrons. The van der Waals surface area contributed by atoms with Crippen LogP contribution in [0.15, 0.2) is 24.3 Å². The summed E-state index contributed by atoms with van der Waals surface area (Å²) in [6.45, 7) is 2.79. The summed E-state index contributed by atoms with van der Waals surface area (Å²) in [4.78, 5) is 29.0. The standard InChI is InChI=1S/C23H33N3O2/c27-22(24-14-6-16-25-15-5-1-2-9-23(25)28)17-26(19-11-12-19)21-13-10-18-7-3-4-8-20(18)21/h3-4,7-8,19,21H,1-2,5-6,9-17H2,(H,24,27). The summed E-state index contributed by atoms with van der Waals surface area (Å²) in [7, 11) is 0. The second-order valence-electron chi connectivity index (χ2n) is 8.55. The molecule has 1 unspecified atom stereocenters. The van der Waals surface area contributed by atoms with Crippen molar-refractivity contribution in [3.63, 3.8) is 0 Å². The van der Waals surface area contributed by atoms with Gasteiger partial charge in [-0.2, -0.15) is 0 Å². The Balaban J connectivity index is 1.24. The lowest BCUT2D eigenvalue weighted by Crippen LogP contribution is -2.41. The average molecular weight is 384 g/mol. The Morgan fingerprint density at radius 1 is 1.11 bits per heavy atom. The summed E-state index contributed by atoms with van der Waals surface area (Å²) in [6, 6.07) is 9.65. The zero-order valence-corrected chi connectivity index (χ0v) is 16.9. The number of carbonyl (C=O) groups is 2. The number of nitrogens with zero attached hydrogens (tertiary/aromatic N) is 2. The minimum Gasteiger partial charge on any atom is -0.355 e. The lowest BCUT2D eigenvalue weighted by Gasteiger charge is -2.29. The Bertz CT molecular complexity index is 701. The molecule has 5 nitrogen and oxygen atoms in total. The van der Waals surface area contributed by atoms with E-state index in [9.17, 15) is 9.59 Å². The van der Waals surface area contributed by atoms with Gasteiger partial charge in [-0.25, -0.2) is 0 Å². The number of fused-ring (bicyclic) bond motifs is 1. The number of hydrogen-bond donors (Lipinski definition) is 1. The van der Waals surface area contributed by atoms with Crippen LogP contribution in [0.5, 0.6) is 0 Å². The summed E-state index contributed by atoms with van der Waals surface area (Å²) in [5.74, 6) is 0.405. The molecular weight excluding hydrogens is 350 g/mol. The molecule has 1 N–H and O–H groups in total. The van der Waals surface area contributed by atoms with Crippen LogP contribution in [0.2, 0.25) is 0 Å². The van der Waals surface area contributed by atoms with Crippen molar-refractivity contribution in [2.45, 2.75) is 69.9 Å². The lowest BCUT2D eigenvalue weighted by atomic mass is 10.1. The van der Waals surface area contributed by atoms with Crippen LogP contribution in [-0.2, 0) is 16.0 Å². The number of nitrogens with one attached hydrogen (secondary N) is 1. The second-order valence-corrected chi connectivity index (χ2v) is 8.55. The molecule has 1 saturated carbocycles. The number of carbonyl (C=O) groups excluding carboxylic acids is 2. The summed E-state index contributed by atoms with van der Waals surface area (Å²) >= 11 is 0. The molecule has 1 aromatic rings. The molecule has 0 spiro atoms. The van der Waals surface area contributed by atoms with Crippen LogP contribution < -0.4 is 5.32 Å². The highest BCUT2D eigenvalue weighted by Crippen LogP contribution is 2.41. The Kier molecular flexibility index (Phi) is 6.30. The first-order valence-corrected chi connectivity index (χ1v) is 11.1. The summed E-state index contributed by atoms with van der Waals surface area (Å²) in [5, 5.41) is 3.09. The zero-order chi connectivity index (χ0) is 19.3. The topological polar surface area (TPSA) is 52.7 Å². The third-order valence-corrected chi connectivity index (χ3v) is 6.44. The van der Waals surface area contributed by atoms with Gasteiger partial charge in [-0.05, 0) is 56.1 Å². The summed E-state index contributed by atoms with van der Waals surface area (Å²) in [5.41, 5.74) is 2.86. The Labute approximate surface area is 168 Å². The predicted octanol–water partition coefficient (Wildman–Crippen LogP) is 3.05. The molecule has 1 aliphatic heterocycles. The van der Waals surface area contributed by atoms with E-state index in [1.807, 2.05) is 4.90 Å². The Morgan fingerprint density at radius 2 is 1.96 bits per heavy atom. The first kappa shape index (κ1) is 19.4. The van der Waals surface area contributed by atoms with E-state index in [1.165, 1.54) is 24.0 Å². The van der Waals surface area contributed by atoms with Gasteiger partial charge >= 0.3 is 0 Å². The van der Waals surface area contributed by atoms with Crippen LogP contribution in [0.3, 0.4) is 0 Å². The second kappa shape index (κ2) is 9.08. The highest BCUT2D eigenvalue weighted by Gasteiger charge is 2.38. The molecule has 2 aliphatic carbocycles. The maximum Gasteiger partial charge on any atom is 0.234 e. The SMILES string of the molecule is O=C(CN(C1CC1)C1CCc2ccccc21)NCCCN1CCCCCC1=O. The van der Waals surface area contributed by atoms with Gasteiger partial charge in [0.1, 0.15) is 0 Å². The van der Waals surface area contributed by atoms with E-state index in [0.717, 1.165) is 51.6 Å². The summed E-state index contributed by atoms with van der Waals surface area (Å²) < 4.78 is 0. The van der Waals surface area contributed by atoms with Crippen molar-refractivity contribution < 1.29 is 9.59 Å². The van der Waals surface area contributed by atoms with Crippen molar-refractivity contribution in [1.82, 2.24) is 15.1 Å². The van der Waals surface area contributed by atoms with Crippen molar-refractivity contribution in [3.05, 3.63) is 35.4 Å². The minimum atomic E-state index is 0.124. The van der Waals surface area contributed by atoms with Crippen LogP contribution in [-0.4, -0.2) is 53.8 Å². The van der Waals surface area contributed by atoms with Gasteiger partial charge in [-0.1, -0.05) is 30.7 Å². The van der Waals surface area contributed by atoms with Crippen molar-refractivity contribution >= 4 is 11.8 Å². The van der Waals surface area contributed by atoms with Crippen molar-refractivity contribution in [1.29, 1.82) is 0 Å².